The molecule has 120 valence electrons. The van der Waals surface area contributed by atoms with Gasteiger partial charge in [0.25, 0.3) is 5.91 Å². The van der Waals surface area contributed by atoms with E-state index < -0.39 is 0 Å². The molecular weight excluding hydrogens is 284 g/mol. The van der Waals surface area contributed by atoms with Crippen molar-refractivity contribution >= 4 is 22.8 Å². The van der Waals surface area contributed by atoms with E-state index in [1.807, 2.05) is 19.9 Å². The first-order valence-electron chi connectivity index (χ1n) is 8.19. The van der Waals surface area contributed by atoms with Gasteiger partial charge in [-0.1, -0.05) is 50.2 Å². The molecule has 3 heteroatoms. The lowest BCUT2D eigenvalue weighted by Gasteiger charge is -2.17. The molecule has 0 saturated carbocycles. The topological polar surface area (TPSA) is 41.1 Å². The Balaban J connectivity index is 2.14. The normalized spacial score (nSPS) is 18.8. The molecule has 0 radical (unpaired) electrons. The van der Waals surface area contributed by atoms with E-state index in [1.165, 1.54) is 16.3 Å². The van der Waals surface area contributed by atoms with Gasteiger partial charge in [-0.05, 0) is 54.2 Å². The molecule has 2 aromatic carbocycles. The zero-order valence-electron chi connectivity index (χ0n) is 14.2. The van der Waals surface area contributed by atoms with Crippen molar-refractivity contribution in [3.05, 3.63) is 53.1 Å². The van der Waals surface area contributed by atoms with Gasteiger partial charge in [0.05, 0.1) is 5.54 Å². The summed E-state index contributed by atoms with van der Waals surface area (Å²) in [5.41, 5.74) is 8.60. The van der Waals surface area contributed by atoms with Crippen LogP contribution in [-0.4, -0.2) is 11.4 Å². The van der Waals surface area contributed by atoms with Gasteiger partial charge in [0, 0.05) is 5.57 Å². The molecule has 3 rings (SSSR count). The van der Waals surface area contributed by atoms with E-state index in [0.717, 1.165) is 17.6 Å². The van der Waals surface area contributed by atoms with E-state index in [-0.39, 0.29) is 11.4 Å². The average Bonchev–Trinajstić information content (AvgIpc) is 2.74. The highest BCUT2D eigenvalue weighted by Gasteiger charge is 2.34. The fraction of sp³-hybridized carbons (Fsp3) is 0.350. The molecule has 1 amide bonds. The Bertz CT molecular complexity index is 787. The molecule has 23 heavy (non-hydrogen) atoms. The Hall–Kier alpha value is -2.13. The van der Waals surface area contributed by atoms with Gasteiger partial charge in [-0.2, -0.15) is 0 Å². The monoisotopic (exact) mass is 308 g/mol. The SMILES string of the molecule is CC(C)Cc1cccc2c(/C=C3\C(=O)NNC3(C)C)cccc12. The number of amides is 1. The largest absolute Gasteiger partial charge is 0.287 e. The van der Waals surface area contributed by atoms with E-state index in [4.69, 9.17) is 0 Å². The Labute approximate surface area is 137 Å². The zero-order chi connectivity index (χ0) is 16.6. The molecule has 0 spiro atoms. The molecule has 0 bridgehead atoms. The zero-order valence-corrected chi connectivity index (χ0v) is 14.2. The summed E-state index contributed by atoms with van der Waals surface area (Å²) in [6, 6.07) is 12.8. The van der Waals surface area contributed by atoms with Crippen molar-refractivity contribution in [2.24, 2.45) is 5.92 Å². The van der Waals surface area contributed by atoms with E-state index in [0.29, 0.717) is 5.92 Å². The smallest absolute Gasteiger partial charge is 0.263 e. The Morgan fingerprint density at radius 3 is 2.43 bits per heavy atom. The Morgan fingerprint density at radius 2 is 1.78 bits per heavy atom. The molecule has 0 unspecified atom stereocenters. The van der Waals surface area contributed by atoms with E-state index in [9.17, 15) is 4.79 Å². The van der Waals surface area contributed by atoms with E-state index in [2.05, 4.69) is 61.1 Å². The predicted molar refractivity (Wildman–Crippen MR) is 95.8 cm³/mol. The van der Waals surface area contributed by atoms with Gasteiger partial charge in [0.1, 0.15) is 0 Å². The number of fused-ring (bicyclic) bond motifs is 1. The van der Waals surface area contributed by atoms with Crippen molar-refractivity contribution in [2.45, 2.75) is 39.7 Å². The second-order valence-corrected chi connectivity index (χ2v) is 7.22. The molecule has 0 aromatic heterocycles. The quantitative estimate of drug-likeness (QED) is 0.846. The average molecular weight is 308 g/mol. The highest BCUT2D eigenvalue weighted by molar-refractivity contribution is 6.04. The summed E-state index contributed by atoms with van der Waals surface area (Å²) in [5.74, 6) is 0.566. The van der Waals surface area contributed by atoms with Crippen molar-refractivity contribution in [2.75, 3.05) is 0 Å². The van der Waals surface area contributed by atoms with Gasteiger partial charge in [-0.25, -0.2) is 5.43 Å². The first-order chi connectivity index (χ1) is 10.9. The number of carbonyl (C=O) groups excluding carboxylic acids is 1. The van der Waals surface area contributed by atoms with Gasteiger partial charge in [0.2, 0.25) is 0 Å². The van der Waals surface area contributed by atoms with Gasteiger partial charge in [-0.3, -0.25) is 10.2 Å². The van der Waals surface area contributed by atoms with Crippen molar-refractivity contribution < 1.29 is 4.79 Å². The van der Waals surface area contributed by atoms with Crippen molar-refractivity contribution in [3.8, 4) is 0 Å². The molecule has 0 atom stereocenters. The lowest BCUT2D eigenvalue weighted by Crippen LogP contribution is -2.38. The maximum atomic E-state index is 12.1. The number of carbonyl (C=O) groups is 1. The molecule has 2 aromatic rings. The first kappa shape index (κ1) is 15.8. The minimum Gasteiger partial charge on any atom is -0.287 e. The summed E-state index contributed by atoms with van der Waals surface area (Å²) < 4.78 is 0. The molecule has 1 heterocycles. The summed E-state index contributed by atoms with van der Waals surface area (Å²) in [7, 11) is 0. The maximum Gasteiger partial charge on any atom is 0.263 e. The van der Waals surface area contributed by atoms with Crippen molar-refractivity contribution in [1.29, 1.82) is 0 Å². The van der Waals surface area contributed by atoms with Crippen LogP contribution in [0.2, 0.25) is 0 Å². The fourth-order valence-corrected chi connectivity index (χ4v) is 3.18. The van der Waals surface area contributed by atoms with Crippen LogP contribution in [0, 0.1) is 5.92 Å². The van der Waals surface area contributed by atoms with Gasteiger partial charge in [0.15, 0.2) is 0 Å². The highest BCUT2D eigenvalue weighted by Crippen LogP contribution is 2.29. The summed E-state index contributed by atoms with van der Waals surface area (Å²) in [4.78, 5) is 12.1. The van der Waals surface area contributed by atoms with Crippen LogP contribution in [0.25, 0.3) is 16.8 Å². The number of nitrogens with one attached hydrogen (secondary N) is 2. The number of benzene rings is 2. The summed E-state index contributed by atoms with van der Waals surface area (Å²) >= 11 is 0. The standard InChI is InChI=1S/C20H24N2O/c1-13(2)11-14-7-5-10-17-15(8-6-9-16(14)17)12-18-19(23)21-22-20(18,3)4/h5-10,12-13,22H,11H2,1-4H3,(H,21,23)/b18-12+. The molecule has 1 saturated heterocycles. The van der Waals surface area contributed by atoms with Gasteiger partial charge >= 0.3 is 0 Å². The third-order valence-electron chi connectivity index (χ3n) is 4.38. The lowest BCUT2D eigenvalue weighted by atomic mass is 9.91. The van der Waals surface area contributed by atoms with E-state index in [1.54, 1.807) is 0 Å². The van der Waals surface area contributed by atoms with E-state index >= 15 is 0 Å². The summed E-state index contributed by atoms with van der Waals surface area (Å²) in [6.45, 7) is 8.49. The van der Waals surface area contributed by atoms with Crippen LogP contribution in [0.4, 0.5) is 0 Å². The minimum absolute atomic E-state index is 0.0506. The molecule has 2 N–H and O–H groups in total. The second kappa shape index (κ2) is 5.82. The van der Waals surface area contributed by atoms with Crippen LogP contribution in [0.3, 0.4) is 0 Å². The van der Waals surface area contributed by atoms with Crippen LogP contribution in [0.1, 0.15) is 38.8 Å². The second-order valence-electron chi connectivity index (χ2n) is 7.22. The Kier molecular flexibility index (Phi) is 3.99. The van der Waals surface area contributed by atoms with Crippen LogP contribution < -0.4 is 10.9 Å². The number of rotatable bonds is 3. The number of hydrogen-bond donors (Lipinski definition) is 2. The molecule has 1 aliphatic rings. The van der Waals surface area contributed by atoms with Crippen LogP contribution in [0.15, 0.2) is 42.0 Å². The van der Waals surface area contributed by atoms with Crippen LogP contribution in [-0.2, 0) is 11.2 Å². The first-order valence-corrected chi connectivity index (χ1v) is 8.19. The molecule has 0 aliphatic carbocycles. The molecular formula is C20H24N2O. The minimum atomic E-state index is -0.366. The third-order valence-corrected chi connectivity index (χ3v) is 4.38. The van der Waals surface area contributed by atoms with Gasteiger partial charge in [-0.15, -0.1) is 0 Å². The maximum absolute atomic E-state index is 12.1. The fourth-order valence-electron chi connectivity index (χ4n) is 3.18. The molecule has 1 fully saturated rings. The Morgan fingerprint density at radius 1 is 1.09 bits per heavy atom. The summed E-state index contributed by atoms with van der Waals surface area (Å²) in [5, 5.41) is 2.48. The summed E-state index contributed by atoms with van der Waals surface area (Å²) in [6.07, 6.45) is 3.07. The predicted octanol–water partition coefficient (Wildman–Crippen LogP) is 3.83. The van der Waals surface area contributed by atoms with Crippen LogP contribution >= 0.6 is 0 Å². The van der Waals surface area contributed by atoms with Crippen LogP contribution in [0.5, 0.6) is 0 Å². The third kappa shape index (κ3) is 3.02. The number of hydrogen-bond acceptors (Lipinski definition) is 2. The molecule has 3 nitrogen and oxygen atoms in total. The number of hydrazine groups is 1. The van der Waals surface area contributed by atoms with Crippen molar-refractivity contribution in [3.63, 3.8) is 0 Å². The van der Waals surface area contributed by atoms with Crippen molar-refractivity contribution in [1.82, 2.24) is 10.9 Å². The van der Waals surface area contributed by atoms with Gasteiger partial charge < -0.3 is 0 Å². The highest BCUT2D eigenvalue weighted by atomic mass is 16.2. The molecule has 1 aliphatic heterocycles. The lowest BCUT2D eigenvalue weighted by molar-refractivity contribution is -0.116.